The number of hydrogen-bond donors (Lipinski definition) is 1. The highest BCUT2D eigenvalue weighted by Gasteiger charge is 2.20. The van der Waals surface area contributed by atoms with Crippen molar-refractivity contribution in [2.45, 2.75) is 12.5 Å². The maximum Gasteiger partial charge on any atom is 0.180 e. The maximum atomic E-state index is 5.06. The molecule has 3 nitrogen and oxygen atoms in total. The summed E-state index contributed by atoms with van der Waals surface area (Å²) in [4.78, 5) is 3.82. The minimum Gasteiger partial charge on any atom is -0.447 e. The van der Waals surface area contributed by atoms with Crippen molar-refractivity contribution in [3.63, 3.8) is 0 Å². The van der Waals surface area contributed by atoms with Gasteiger partial charge in [0.2, 0.25) is 0 Å². The molecule has 1 aromatic rings. The number of oxazole rings is 1. The normalized spacial score (nSPS) is 25.6. The van der Waals surface area contributed by atoms with Crippen LogP contribution in [0.2, 0.25) is 0 Å². The molecule has 0 aliphatic carbocycles. The quantitative estimate of drug-likeness (QED) is 0.599. The summed E-state index contributed by atoms with van der Waals surface area (Å²) in [5.41, 5.74) is 0. The minimum atomic E-state index is 0.437. The Balaban J connectivity index is 2.14. The van der Waals surface area contributed by atoms with E-state index in [1.807, 2.05) is 0 Å². The lowest BCUT2D eigenvalue weighted by Gasteiger charge is -2.24. The second-order valence-corrected chi connectivity index (χ2v) is 2.20. The van der Waals surface area contributed by atoms with Crippen LogP contribution in [0.5, 0.6) is 0 Å². The van der Waals surface area contributed by atoms with Crippen LogP contribution in [-0.2, 0) is 0 Å². The van der Waals surface area contributed by atoms with Gasteiger partial charge in [-0.3, -0.25) is 0 Å². The van der Waals surface area contributed by atoms with Crippen molar-refractivity contribution in [2.75, 3.05) is 6.54 Å². The second kappa shape index (κ2) is 1.84. The third kappa shape index (κ3) is 0.733. The smallest absolute Gasteiger partial charge is 0.180 e. The SMILES string of the molecule is c1ncc(C2CCN2)o1. The molecule has 1 aliphatic heterocycles. The van der Waals surface area contributed by atoms with Gasteiger partial charge in [0.25, 0.3) is 0 Å². The van der Waals surface area contributed by atoms with Crippen LogP contribution < -0.4 is 5.32 Å². The van der Waals surface area contributed by atoms with E-state index in [0.29, 0.717) is 6.04 Å². The molecular weight excluding hydrogens is 116 g/mol. The van der Waals surface area contributed by atoms with Gasteiger partial charge in [0.05, 0.1) is 12.2 Å². The van der Waals surface area contributed by atoms with Gasteiger partial charge < -0.3 is 9.73 Å². The van der Waals surface area contributed by atoms with Crippen LogP contribution in [0.3, 0.4) is 0 Å². The molecule has 1 unspecified atom stereocenters. The monoisotopic (exact) mass is 124 g/mol. The Labute approximate surface area is 53.1 Å². The van der Waals surface area contributed by atoms with E-state index in [1.54, 1.807) is 6.20 Å². The van der Waals surface area contributed by atoms with Crippen LogP contribution in [0.1, 0.15) is 18.2 Å². The summed E-state index contributed by atoms with van der Waals surface area (Å²) >= 11 is 0. The summed E-state index contributed by atoms with van der Waals surface area (Å²) in [6, 6.07) is 0.437. The summed E-state index contributed by atoms with van der Waals surface area (Å²) in [6.45, 7) is 1.10. The van der Waals surface area contributed by atoms with E-state index in [4.69, 9.17) is 4.42 Å². The molecule has 9 heavy (non-hydrogen) atoms. The van der Waals surface area contributed by atoms with E-state index < -0.39 is 0 Å². The zero-order chi connectivity index (χ0) is 6.10. The fourth-order valence-electron chi connectivity index (χ4n) is 0.929. The van der Waals surface area contributed by atoms with Crippen molar-refractivity contribution in [3.8, 4) is 0 Å². The van der Waals surface area contributed by atoms with Crippen LogP contribution >= 0.6 is 0 Å². The number of nitrogens with one attached hydrogen (secondary N) is 1. The van der Waals surface area contributed by atoms with Crippen LogP contribution in [0.15, 0.2) is 17.0 Å². The lowest BCUT2D eigenvalue weighted by Crippen LogP contribution is -2.34. The molecule has 1 atom stereocenters. The summed E-state index contributed by atoms with van der Waals surface area (Å²) in [7, 11) is 0. The Hall–Kier alpha value is -0.830. The van der Waals surface area contributed by atoms with Gasteiger partial charge in [-0.2, -0.15) is 0 Å². The average Bonchev–Trinajstić information content (AvgIpc) is 2.11. The minimum absolute atomic E-state index is 0.437. The molecule has 0 bridgehead atoms. The second-order valence-electron chi connectivity index (χ2n) is 2.20. The van der Waals surface area contributed by atoms with E-state index in [1.165, 1.54) is 12.8 Å². The predicted octanol–water partition coefficient (Wildman–Crippen LogP) is 0.709. The first-order valence-electron chi connectivity index (χ1n) is 3.08. The van der Waals surface area contributed by atoms with Gasteiger partial charge in [0.1, 0.15) is 5.76 Å². The Kier molecular flexibility index (Phi) is 1.02. The van der Waals surface area contributed by atoms with E-state index in [-0.39, 0.29) is 0 Å². The fourth-order valence-corrected chi connectivity index (χ4v) is 0.929. The topological polar surface area (TPSA) is 38.1 Å². The Morgan fingerprint density at radius 2 is 2.67 bits per heavy atom. The molecule has 1 aliphatic rings. The van der Waals surface area contributed by atoms with Gasteiger partial charge in [-0.15, -0.1) is 0 Å². The van der Waals surface area contributed by atoms with Gasteiger partial charge in [-0.1, -0.05) is 0 Å². The van der Waals surface area contributed by atoms with Gasteiger partial charge in [0.15, 0.2) is 6.39 Å². The van der Waals surface area contributed by atoms with Crippen LogP contribution in [0.25, 0.3) is 0 Å². The van der Waals surface area contributed by atoms with Crippen molar-refractivity contribution in [3.05, 3.63) is 18.4 Å². The van der Waals surface area contributed by atoms with Gasteiger partial charge >= 0.3 is 0 Å². The van der Waals surface area contributed by atoms with Crippen LogP contribution in [0.4, 0.5) is 0 Å². The first-order chi connectivity index (χ1) is 4.47. The molecule has 1 N–H and O–H groups in total. The molecule has 1 fully saturated rings. The number of nitrogens with zero attached hydrogens (tertiary/aromatic N) is 1. The van der Waals surface area contributed by atoms with Gasteiger partial charge in [0, 0.05) is 0 Å². The van der Waals surface area contributed by atoms with Crippen molar-refractivity contribution < 1.29 is 4.42 Å². The van der Waals surface area contributed by atoms with Crippen LogP contribution in [-0.4, -0.2) is 11.5 Å². The summed E-state index contributed by atoms with van der Waals surface area (Å²) in [6.07, 6.45) is 4.40. The van der Waals surface area contributed by atoms with E-state index in [2.05, 4.69) is 10.3 Å². The van der Waals surface area contributed by atoms with Crippen molar-refractivity contribution >= 4 is 0 Å². The summed E-state index contributed by atoms with van der Waals surface area (Å²) in [5.74, 6) is 0.959. The van der Waals surface area contributed by atoms with E-state index in [0.717, 1.165) is 12.3 Å². The Bertz CT molecular complexity index is 179. The lowest BCUT2D eigenvalue weighted by molar-refractivity contribution is 0.319. The first kappa shape index (κ1) is 4.99. The van der Waals surface area contributed by atoms with Crippen molar-refractivity contribution in [1.29, 1.82) is 0 Å². The average molecular weight is 124 g/mol. The molecule has 3 heteroatoms. The molecule has 0 amide bonds. The third-order valence-electron chi connectivity index (χ3n) is 1.62. The number of aromatic nitrogens is 1. The van der Waals surface area contributed by atoms with Gasteiger partial charge in [-0.25, -0.2) is 4.98 Å². The maximum absolute atomic E-state index is 5.06. The highest BCUT2D eigenvalue weighted by molar-refractivity contribution is 5.01. The highest BCUT2D eigenvalue weighted by atomic mass is 16.3. The lowest BCUT2D eigenvalue weighted by atomic mass is 10.1. The summed E-state index contributed by atoms with van der Waals surface area (Å²) < 4.78 is 5.06. The molecular formula is C6H8N2O. The Morgan fingerprint density at radius 3 is 3.11 bits per heavy atom. The van der Waals surface area contributed by atoms with Crippen molar-refractivity contribution in [1.82, 2.24) is 10.3 Å². The molecule has 1 aromatic heterocycles. The fraction of sp³-hybridized carbons (Fsp3) is 0.500. The molecule has 0 spiro atoms. The van der Waals surface area contributed by atoms with E-state index >= 15 is 0 Å². The largest absolute Gasteiger partial charge is 0.447 e. The molecule has 48 valence electrons. The molecule has 0 radical (unpaired) electrons. The molecule has 0 saturated carbocycles. The summed E-state index contributed by atoms with van der Waals surface area (Å²) in [5, 5.41) is 3.21. The van der Waals surface area contributed by atoms with Gasteiger partial charge in [-0.05, 0) is 13.0 Å². The molecule has 1 saturated heterocycles. The highest BCUT2D eigenvalue weighted by Crippen LogP contribution is 2.21. The van der Waals surface area contributed by atoms with Crippen molar-refractivity contribution in [2.24, 2.45) is 0 Å². The first-order valence-corrected chi connectivity index (χ1v) is 3.08. The van der Waals surface area contributed by atoms with E-state index in [9.17, 15) is 0 Å². The van der Waals surface area contributed by atoms with Crippen LogP contribution in [0, 0.1) is 0 Å². The number of hydrogen-bond acceptors (Lipinski definition) is 3. The molecule has 2 rings (SSSR count). The number of rotatable bonds is 1. The zero-order valence-corrected chi connectivity index (χ0v) is 5.00. The third-order valence-corrected chi connectivity index (χ3v) is 1.62. The molecule has 2 heterocycles. The standard InChI is InChI=1S/C6H8N2O/c1-2-8-5(1)6-3-7-4-9-6/h3-5,8H,1-2H2. The zero-order valence-electron chi connectivity index (χ0n) is 5.00. The molecule has 0 aromatic carbocycles. The Morgan fingerprint density at radius 1 is 1.78 bits per heavy atom. The predicted molar refractivity (Wildman–Crippen MR) is 31.9 cm³/mol.